The summed E-state index contributed by atoms with van der Waals surface area (Å²) in [5, 5.41) is 1.78. The van der Waals surface area contributed by atoms with Crippen LogP contribution in [0.25, 0.3) is 0 Å². The molecule has 0 radical (unpaired) electrons. The van der Waals surface area contributed by atoms with Crippen molar-refractivity contribution in [2.24, 2.45) is 0 Å². The molecule has 1 fully saturated rings. The van der Waals surface area contributed by atoms with E-state index in [4.69, 9.17) is 0 Å². The minimum Gasteiger partial charge on any atom is -0.160 e. The van der Waals surface area contributed by atoms with E-state index in [1.165, 1.54) is 11.5 Å². The summed E-state index contributed by atoms with van der Waals surface area (Å²) in [5.74, 6) is 2.71. The summed E-state index contributed by atoms with van der Waals surface area (Å²) >= 11 is 4.21. The first-order valence-corrected chi connectivity index (χ1v) is 5.12. The van der Waals surface area contributed by atoms with Crippen LogP contribution < -0.4 is 0 Å². The molecule has 1 aliphatic rings. The fourth-order valence-corrected chi connectivity index (χ4v) is 3.67. The van der Waals surface area contributed by atoms with Crippen LogP contribution in [0, 0.1) is 0 Å². The number of thioether (sulfide) groups is 2. The van der Waals surface area contributed by atoms with Gasteiger partial charge in [-0.05, 0) is 0 Å². The van der Waals surface area contributed by atoms with Gasteiger partial charge in [0.2, 0.25) is 0 Å². The molecular formula is C6H12S2. The van der Waals surface area contributed by atoms with Gasteiger partial charge in [0, 0.05) is 22.0 Å². The molecule has 0 nitrogen and oxygen atoms in total. The normalized spacial score (nSPS) is 39.8. The molecule has 0 bridgehead atoms. The van der Waals surface area contributed by atoms with Gasteiger partial charge in [0.1, 0.15) is 0 Å². The Balaban J connectivity index is 2.23. The Morgan fingerprint density at radius 3 is 1.88 bits per heavy atom. The highest BCUT2D eigenvalue weighted by molar-refractivity contribution is 8.07. The van der Waals surface area contributed by atoms with Gasteiger partial charge in [-0.15, -0.1) is 0 Å². The molecule has 0 spiro atoms. The molecule has 1 saturated heterocycles. The highest BCUT2D eigenvalue weighted by Gasteiger charge is 2.14. The molecule has 2 heteroatoms. The maximum Gasteiger partial charge on any atom is 0.0112 e. The summed E-state index contributed by atoms with van der Waals surface area (Å²) in [6.07, 6.45) is 0. The van der Waals surface area contributed by atoms with Crippen molar-refractivity contribution in [3.63, 3.8) is 0 Å². The molecule has 0 saturated carbocycles. The zero-order chi connectivity index (χ0) is 5.98. The number of rotatable bonds is 0. The van der Waals surface area contributed by atoms with Gasteiger partial charge < -0.3 is 0 Å². The molecule has 0 unspecified atom stereocenters. The van der Waals surface area contributed by atoms with Crippen molar-refractivity contribution in [3.8, 4) is 0 Å². The van der Waals surface area contributed by atoms with E-state index in [2.05, 4.69) is 37.4 Å². The molecule has 2 atom stereocenters. The standard InChI is InChI=1S/C6H12S2/c1-5-3-7-4-6(2)8-5/h5-6H,3-4H2,1-2H3/t5-,6+. The van der Waals surface area contributed by atoms with Crippen molar-refractivity contribution in [3.05, 3.63) is 0 Å². The summed E-state index contributed by atoms with van der Waals surface area (Å²) < 4.78 is 0. The maximum atomic E-state index is 2.31. The van der Waals surface area contributed by atoms with Crippen molar-refractivity contribution >= 4 is 23.5 Å². The van der Waals surface area contributed by atoms with Crippen molar-refractivity contribution in [2.45, 2.75) is 24.3 Å². The molecule has 48 valence electrons. The lowest BCUT2D eigenvalue weighted by Crippen LogP contribution is -2.16. The first kappa shape index (κ1) is 6.81. The lowest BCUT2D eigenvalue weighted by atomic mass is 10.5. The molecule has 0 N–H and O–H groups in total. The summed E-state index contributed by atoms with van der Waals surface area (Å²) in [6, 6.07) is 0. The zero-order valence-corrected chi connectivity index (χ0v) is 7.02. The van der Waals surface area contributed by atoms with Gasteiger partial charge in [0.05, 0.1) is 0 Å². The molecule has 1 aliphatic heterocycles. The Morgan fingerprint density at radius 2 is 1.62 bits per heavy atom. The van der Waals surface area contributed by atoms with Gasteiger partial charge in [-0.25, -0.2) is 0 Å². The van der Waals surface area contributed by atoms with Crippen molar-refractivity contribution < 1.29 is 0 Å². The first-order valence-electron chi connectivity index (χ1n) is 3.02. The highest BCUT2D eigenvalue weighted by Crippen LogP contribution is 2.29. The summed E-state index contributed by atoms with van der Waals surface area (Å²) in [4.78, 5) is 0. The lowest BCUT2D eigenvalue weighted by molar-refractivity contribution is 1.04. The average Bonchev–Trinajstić information content (AvgIpc) is 1.64. The third-order valence-electron chi connectivity index (χ3n) is 1.17. The lowest BCUT2D eigenvalue weighted by Gasteiger charge is -2.22. The van der Waals surface area contributed by atoms with E-state index in [0.717, 1.165) is 10.5 Å². The van der Waals surface area contributed by atoms with Crippen molar-refractivity contribution in [1.29, 1.82) is 0 Å². The van der Waals surface area contributed by atoms with Crippen LogP contribution >= 0.6 is 23.5 Å². The van der Waals surface area contributed by atoms with E-state index >= 15 is 0 Å². The Bertz CT molecular complexity index is 64.9. The van der Waals surface area contributed by atoms with Crippen LogP contribution in [0.2, 0.25) is 0 Å². The van der Waals surface area contributed by atoms with Gasteiger partial charge in [-0.1, -0.05) is 13.8 Å². The van der Waals surface area contributed by atoms with Crippen LogP contribution in [0.1, 0.15) is 13.8 Å². The molecule has 8 heavy (non-hydrogen) atoms. The van der Waals surface area contributed by atoms with Crippen LogP contribution in [-0.2, 0) is 0 Å². The molecule has 0 amide bonds. The largest absolute Gasteiger partial charge is 0.160 e. The van der Waals surface area contributed by atoms with E-state index in [1.807, 2.05) is 0 Å². The van der Waals surface area contributed by atoms with Gasteiger partial charge in [0.15, 0.2) is 0 Å². The van der Waals surface area contributed by atoms with Gasteiger partial charge in [0.25, 0.3) is 0 Å². The second-order valence-corrected chi connectivity index (χ2v) is 5.25. The van der Waals surface area contributed by atoms with E-state index in [-0.39, 0.29) is 0 Å². The van der Waals surface area contributed by atoms with E-state index in [9.17, 15) is 0 Å². The zero-order valence-electron chi connectivity index (χ0n) is 5.39. The molecule has 0 aromatic heterocycles. The second kappa shape index (κ2) is 3.02. The number of hydrogen-bond acceptors (Lipinski definition) is 2. The Kier molecular flexibility index (Phi) is 2.57. The topological polar surface area (TPSA) is 0 Å². The summed E-state index contributed by atoms with van der Waals surface area (Å²) in [6.45, 7) is 4.63. The Hall–Kier alpha value is 0.700. The third kappa shape index (κ3) is 1.90. The fraction of sp³-hybridized carbons (Fsp3) is 1.00. The van der Waals surface area contributed by atoms with E-state index < -0.39 is 0 Å². The average molecular weight is 148 g/mol. The summed E-state index contributed by atoms with van der Waals surface area (Å²) in [5.41, 5.74) is 0. The minimum atomic E-state index is 0.892. The van der Waals surface area contributed by atoms with Gasteiger partial charge in [-0.2, -0.15) is 23.5 Å². The first-order chi connectivity index (χ1) is 3.79. The molecule has 1 rings (SSSR count). The molecule has 1 heterocycles. The highest BCUT2D eigenvalue weighted by atomic mass is 32.2. The van der Waals surface area contributed by atoms with Crippen LogP contribution in [-0.4, -0.2) is 22.0 Å². The van der Waals surface area contributed by atoms with Crippen LogP contribution in [0.3, 0.4) is 0 Å². The van der Waals surface area contributed by atoms with Crippen molar-refractivity contribution in [2.75, 3.05) is 11.5 Å². The van der Waals surface area contributed by atoms with Crippen molar-refractivity contribution in [1.82, 2.24) is 0 Å². The quantitative estimate of drug-likeness (QED) is 0.517. The Labute approximate surface area is 59.8 Å². The van der Waals surface area contributed by atoms with Gasteiger partial charge in [-0.3, -0.25) is 0 Å². The fourth-order valence-electron chi connectivity index (χ4n) is 0.875. The third-order valence-corrected chi connectivity index (χ3v) is 4.33. The Morgan fingerprint density at radius 1 is 1.12 bits per heavy atom. The maximum absolute atomic E-state index is 2.31. The predicted octanol–water partition coefficient (Wildman–Crippen LogP) is 2.24. The van der Waals surface area contributed by atoms with Crippen LogP contribution in [0.15, 0.2) is 0 Å². The number of hydrogen-bond donors (Lipinski definition) is 0. The SMILES string of the molecule is C[C@@H]1CSC[C@H](C)S1. The predicted molar refractivity (Wildman–Crippen MR) is 43.8 cm³/mol. The molecule has 0 aliphatic carbocycles. The monoisotopic (exact) mass is 148 g/mol. The van der Waals surface area contributed by atoms with Crippen LogP contribution in [0.4, 0.5) is 0 Å². The second-order valence-electron chi connectivity index (χ2n) is 2.29. The molecule has 0 aromatic rings. The van der Waals surface area contributed by atoms with E-state index in [1.54, 1.807) is 0 Å². The van der Waals surface area contributed by atoms with Crippen LogP contribution in [0.5, 0.6) is 0 Å². The minimum absolute atomic E-state index is 0.892. The summed E-state index contributed by atoms with van der Waals surface area (Å²) in [7, 11) is 0. The van der Waals surface area contributed by atoms with Gasteiger partial charge >= 0.3 is 0 Å². The molecule has 0 aromatic carbocycles. The molecular weight excluding hydrogens is 136 g/mol. The smallest absolute Gasteiger partial charge is 0.0112 e. The van der Waals surface area contributed by atoms with E-state index in [0.29, 0.717) is 0 Å².